The number of benzene rings is 3. The molecular weight excluding hydrogens is 378 g/mol. The van der Waals surface area contributed by atoms with E-state index in [0.717, 1.165) is 0 Å². The molecule has 1 nitrogen and oxygen atoms in total. The van der Waals surface area contributed by atoms with Gasteiger partial charge in [-0.15, -0.1) is 0 Å². The monoisotopic (exact) mass is 394 g/mol. The van der Waals surface area contributed by atoms with Crippen LogP contribution in [-0.4, -0.2) is 6.79 Å². The Labute approximate surface area is 145 Å². The Morgan fingerprint density at radius 1 is 0.500 bits per heavy atom. The van der Waals surface area contributed by atoms with E-state index >= 15 is 0 Å². The van der Waals surface area contributed by atoms with E-state index in [-0.39, 0.29) is 19.5 Å². The minimum Gasteiger partial charge on any atom is -0.545 e. The van der Waals surface area contributed by atoms with Crippen molar-refractivity contribution in [3.05, 3.63) is 91.0 Å². The number of carbonyl (C=O) groups excluding carboxylic acids is 1. The van der Waals surface area contributed by atoms with Crippen molar-refractivity contribution in [2.75, 3.05) is 0 Å². The van der Waals surface area contributed by atoms with Crippen LogP contribution in [0.3, 0.4) is 0 Å². The first-order valence-electron chi connectivity index (χ1n) is 6.64. The second-order valence-corrected chi connectivity index (χ2v) is 6.56. The molecule has 0 saturated carbocycles. The normalized spacial score (nSPS) is 9.32. The van der Waals surface area contributed by atoms with Gasteiger partial charge in [-0.25, -0.2) is 0 Å². The summed E-state index contributed by atoms with van der Waals surface area (Å²) < 4.78 is 0. The van der Waals surface area contributed by atoms with Crippen LogP contribution < -0.4 is 15.9 Å². The average molecular weight is 394 g/mol. The summed E-state index contributed by atoms with van der Waals surface area (Å²) in [6, 6.07) is 32.3. The van der Waals surface area contributed by atoms with Crippen LogP contribution in [0.15, 0.2) is 91.0 Å². The van der Waals surface area contributed by atoms with Crippen molar-refractivity contribution >= 4 is 30.6 Å². The van der Waals surface area contributed by atoms with Crippen LogP contribution in [0.2, 0.25) is 0 Å². The molecule has 3 aromatic rings. The maximum atomic E-state index is 7.75. The zero-order chi connectivity index (χ0) is 14.9. The topological polar surface area (TPSA) is 17.1 Å². The van der Waals surface area contributed by atoms with Crippen molar-refractivity contribution in [1.29, 1.82) is 0 Å². The van der Waals surface area contributed by atoms with Crippen molar-refractivity contribution in [3.63, 3.8) is 0 Å². The third-order valence-corrected chi connectivity index (χ3v) is 5.49. The largest absolute Gasteiger partial charge is 0.545 e. The quantitative estimate of drug-likeness (QED) is 0.289. The zero-order valence-electron chi connectivity index (χ0n) is 11.9. The second-order valence-electron chi connectivity index (χ2n) is 4.34. The Kier molecular flexibility index (Phi) is 8.52. The molecule has 0 aliphatic carbocycles. The van der Waals surface area contributed by atoms with Crippen LogP contribution in [0.4, 0.5) is 0 Å². The van der Waals surface area contributed by atoms with E-state index in [1.54, 1.807) is 0 Å². The Morgan fingerprint density at radius 3 is 0.955 bits per heavy atom. The molecule has 0 aliphatic heterocycles. The van der Waals surface area contributed by atoms with Crippen LogP contribution in [0.5, 0.6) is 0 Å². The second kappa shape index (κ2) is 10.2. The molecule has 1 radical (unpaired) electrons. The molecule has 0 amide bonds. The zero-order valence-corrected chi connectivity index (χ0v) is 14.5. The van der Waals surface area contributed by atoms with Gasteiger partial charge in [0.25, 0.3) is 0 Å². The van der Waals surface area contributed by atoms with Gasteiger partial charge in [0.15, 0.2) is 0 Å². The molecule has 0 saturated heterocycles. The molecule has 3 heteroatoms. The van der Waals surface area contributed by atoms with Gasteiger partial charge in [0.05, 0.1) is 0 Å². The summed E-state index contributed by atoms with van der Waals surface area (Å²) in [7, 11) is -0.446. The number of hydrogen-bond donors (Lipinski definition) is 0. The van der Waals surface area contributed by atoms with Gasteiger partial charge in [0.1, 0.15) is 0 Å². The first-order valence-corrected chi connectivity index (χ1v) is 7.98. The molecule has 3 rings (SSSR count). The minimum absolute atomic E-state index is 0. The summed E-state index contributed by atoms with van der Waals surface area (Å²) in [6.07, 6.45) is 0. The Balaban J connectivity index is 0.000000775. The predicted octanol–water partition coefficient (Wildman–Crippen LogP) is 3.17. The Morgan fingerprint density at radius 2 is 0.727 bits per heavy atom. The molecule has 22 heavy (non-hydrogen) atoms. The van der Waals surface area contributed by atoms with E-state index < -0.39 is 7.92 Å². The molecule has 0 fully saturated rings. The van der Waals surface area contributed by atoms with E-state index in [9.17, 15) is 0 Å². The van der Waals surface area contributed by atoms with Gasteiger partial charge in [-0.05, 0) is 23.8 Å². The van der Waals surface area contributed by atoms with Crippen LogP contribution in [-0.2, 0) is 24.3 Å². The van der Waals surface area contributed by atoms with E-state index in [2.05, 4.69) is 97.8 Å². The molecule has 0 aromatic heterocycles. The summed E-state index contributed by atoms with van der Waals surface area (Å²) in [6.45, 7) is 3.25. The summed E-state index contributed by atoms with van der Waals surface area (Å²) in [5, 5.41) is 4.19. The van der Waals surface area contributed by atoms with Crippen LogP contribution in [0, 0.1) is 0 Å². The van der Waals surface area contributed by atoms with Crippen molar-refractivity contribution in [1.82, 2.24) is 0 Å². The molecule has 0 spiro atoms. The van der Waals surface area contributed by atoms with Gasteiger partial charge in [0.2, 0.25) is 0 Å². The molecule has 0 aliphatic rings. The van der Waals surface area contributed by atoms with E-state index in [0.29, 0.717) is 0 Å². The summed E-state index contributed by atoms with van der Waals surface area (Å²) in [5.74, 6) is 0. The third-order valence-electron chi connectivity index (χ3n) is 3.04. The van der Waals surface area contributed by atoms with Gasteiger partial charge in [-0.1, -0.05) is 91.0 Å². The SMILES string of the molecule is [CH-]=O.[Rh].c1ccc(P(c2ccccc2)c2ccccc2)cc1. The first kappa shape index (κ1) is 18.4. The van der Waals surface area contributed by atoms with E-state index in [1.807, 2.05) is 0 Å². The van der Waals surface area contributed by atoms with Crippen LogP contribution >= 0.6 is 7.92 Å². The van der Waals surface area contributed by atoms with E-state index in [1.165, 1.54) is 15.9 Å². The van der Waals surface area contributed by atoms with E-state index in [4.69, 9.17) is 4.79 Å². The van der Waals surface area contributed by atoms with Gasteiger partial charge >= 0.3 is 0 Å². The Hall–Kier alpha value is -1.62. The standard InChI is InChI=1S/C18H15P.CHO.Rh/c1-4-10-16(11-5-1)19(17-12-6-2-7-13-17)18-14-8-3-9-15-18;1-2;/h1-15H;1H;/q;-1;. The Bertz CT molecular complexity index is 550. The van der Waals surface area contributed by atoms with Crippen LogP contribution in [0.25, 0.3) is 0 Å². The molecule has 0 atom stereocenters. The van der Waals surface area contributed by atoms with Crippen molar-refractivity contribution < 1.29 is 24.3 Å². The molecule has 113 valence electrons. The summed E-state index contributed by atoms with van der Waals surface area (Å²) in [4.78, 5) is 7.75. The molecule has 0 bridgehead atoms. The summed E-state index contributed by atoms with van der Waals surface area (Å²) in [5.41, 5.74) is 0. The molecule has 0 unspecified atom stereocenters. The fourth-order valence-electron chi connectivity index (χ4n) is 2.18. The maximum Gasteiger partial charge on any atom is 0 e. The van der Waals surface area contributed by atoms with Crippen molar-refractivity contribution in [3.8, 4) is 0 Å². The predicted molar refractivity (Wildman–Crippen MR) is 91.9 cm³/mol. The third kappa shape index (κ3) is 4.70. The van der Waals surface area contributed by atoms with Gasteiger partial charge < -0.3 is 4.79 Å². The fourth-order valence-corrected chi connectivity index (χ4v) is 4.48. The van der Waals surface area contributed by atoms with Crippen molar-refractivity contribution in [2.45, 2.75) is 0 Å². The molecule has 0 N–H and O–H groups in total. The smallest absolute Gasteiger partial charge is 0 e. The number of rotatable bonds is 3. The van der Waals surface area contributed by atoms with Gasteiger partial charge in [0, 0.05) is 19.5 Å². The minimum atomic E-state index is -0.446. The van der Waals surface area contributed by atoms with Crippen molar-refractivity contribution in [2.24, 2.45) is 0 Å². The molecular formula is C19H16OPRh-. The molecule has 0 heterocycles. The first-order chi connectivity index (χ1) is 10.4. The average Bonchev–Trinajstić information content (AvgIpc) is 2.60. The van der Waals surface area contributed by atoms with Crippen LogP contribution in [0.1, 0.15) is 0 Å². The van der Waals surface area contributed by atoms with Gasteiger partial charge in [-0.3, -0.25) is 6.79 Å². The fraction of sp³-hybridized carbons (Fsp3) is 0. The maximum absolute atomic E-state index is 7.75. The number of hydrogen-bond acceptors (Lipinski definition) is 1. The van der Waals surface area contributed by atoms with Gasteiger partial charge in [-0.2, -0.15) is 0 Å². The summed E-state index contributed by atoms with van der Waals surface area (Å²) >= 11 is 0. The molecule has 3 aromatic carbocycles.